The lowest BCUT2D eigenvalue weighted by atomic mass is 9.67. The number of cyclic esters (lactones) is 1. The maximum atomic E-state index is 14.5. The third-order valence-electron chi connectivity index (χ3n) is 13.1. The summed E-state index contributed by atoms with van der Waals surface area (Å²) < 4.78 is 63.0. The number of halogens is 3. The number of pyridine rings is 1. The normalized spacial score (nSPS) is 22.2. The van der Waals surface area contributed by atoms with Gasteiger partial charge in [-0.2, -0.15) is 13.2 Å². The molecule has 2 fully saturated rings. The van der Waals surface area contributed by atoms with Gasteiger partial charge in [0.05, 0.1) is 46.9 Å². The molecule has 4 atom stereocenters. The Morgan fingerprint density at radius 1 is 1.15 bits per heavy atom. The number of esters is 1. The molecule has 19 heteroatoms. The zero-order valence-electron chi connectivity index (χ0n) is 38.1. The van der Waals surface area contributed by atoms with Gasteiger partial charge < -0.3 is 29.0 Å². The molecule has 66 heavy (non-hydrogen) atoms. The summed E-state index contributed by atoms with van der Waals surface area (Å²) in [5.41, 5.74) is 5.19. The van der Waals surface area contributed by atoms with Crippen LogP contribution in [0.25, 0.3) is 33.4 Å². The summed E-state index contributed by atoms with van der Waals surface area (Å²) in [5, 5.41) is 7.14. The van der Waals surface area contributed by atoms with Crippen molar-refractivity contribution in [3.05, 3.63) is 58.2 Å². The van der Waals surface area contributed by atoms with Gasteiger partial charge in [0.1, 0.15) is 24.7 Å². The van der Waals surface area contributed by atoms with E-state index in [0.29, 0.717) is 75.6 Å². The number of hydrogen-bond acceptors (Lipinski definition) is 12. The number of thiazole rings is 1. The fraction of sp³-hybridized carbons (Fsp3) is 0.532. The number of carbonyl (C=O) groups is 4. The Morgan fingerprint density at radius 2 is 1.92 bits per heavy atom. The van der Waals surface area contributed by atoms with Crippen molar-refractivity contribution in [2.45, 2.75) is 102 Å². The molecule has 1 aromatic carbocycles. The molecule has 6 heterocycles. The van der Waals surface area contributed by atoms with Crippen LogP contribution in [-0.4, -0.2) is 137 Å². The minimum atomic E-state index is -4.56. The number of hydrazine groups is 1. The fourth-order valence-electron chi connectivity index (χ4n) is 9.04. The lowest BCUT2D eigenvalue weighted by Crippen LogP contribution is -2.60. The number of carbonyl (C=O) groups excluding carboxylic acids is 4. The summed E-state index contributed by atoms with van der Waals surface area (Å²) in [6.07, 6.45) is -3.14. The standard InChI is InChI=1S/C47H55F3N8O7S/c1-45(2)26-65-44(62)31-11-9-18-58(54-31)43(61)32(52-35(59)15-19-64-28-22-56(23-28)37(60)14-16-46(3,4)55(5)6)21-36-53-33(24-66-36)27-12-13-34-30(20-27)38-39(45)42(63-7)40-29(10-8-17-51-40)41(38)57(34)25-47(48,49)50/h8,10,12-13,17,20,24,28,31-32,39,42,54H,9,11,15,18-19,21-23,25-26H2,1-7H3,(H,52,59)/t31-,32?,39?,42-/m0/s1. The van der Waals surface area contributed by atoms with Gasteiger partial charge in [-0.15, -0.1) is 11.3 Å². The molecule has 0 spiro atoms. The third kappa shape index (κ3) is 9.56. The van der Waals surface area contributed by atoms with Gasteiger partial charge >= 0.3 is 12.1 Å². The second-order valence-electron chi connectivity index (χ2n) is 18.8. The van der Waals surface area contributed by atoms with Gasteiger partial charge in [0.2, 0.25) is 5.91 Å². The van der Waals surface area contributed by atoms with E-state index in [-0.39, 0.29) is 44.6 Å². The molecule has 2 N–H and O–H groups in total. The van der Waals surface area contributed by atoms with Crippen LogP contribution in [0.2, 0.25) is 0 Å². The summed E-state index contributed by atoms with van der Waals surface area (Å²) in [5.74, 6) is 3.28. The molecule has 0 saturated carbocycles. The SMILES string of the molecule is CO[C@@H]1c2ncccc2-c2c3c4cc(ccc4n2CC(F)(F)F)-c2csc(n2)CC(NC(=O)CCOC2CN(C(=O)C#CC(C)(C)N(C)C)C2)C(=O)N2CCC[C@H](N2)C(=O)OCC(C)(C)C31. The molecule has 4 aromatic rings. The first-order chi connectivity index (χ1) is 31.2. The average Bonchev–Trinajstić information content (AvgIpc) is 3.85. The molecule has 1 aliphatic carbocycles. The highest BCUT2D eigenvalue weighted by Gasteiger charge is 2.48. The number of rotatable bonds is 8. The number of nitrogens with zero attached hydrogens (tertiary/aromatic N) is 6. The zero-order valence-corrected chi connectivity index (χ0v) is 38.9. The number of methoxy groups -OCH3 is 1. The van der Waals surface area contributed by atoms with E-state index in [0.717, 1.165) is 0 Å². The Kier molecular flexibility index (Phi) is 13.1. The van der Waals surface area contributed by atoms with E-state index in [9.17, 15) is 32.3 Å². The second-order valence-corrected chi connectivity index (χ2v) is 19.7. The summed E-state index contributed by atoms with van der Waals surface area (Å²) in [6, 6.07) is 6.72. The van der Waals surface area contributed by atoms with Crippen LogP contribution in [0, 0.1) is 17.3 Å². The van der Waals surface area contributed by atoms with Crippen molar-refractivity contribution in [3.8, 4) is 34.4 Å². The summed E-state index contributed by atoms with van der Waals surface area (Å²) in [4.78, 5) is 67.4. The molecular formula is C47H55F3N8O7S. The van der Waals surface area contributed by atoms with Gasteiger partial charge in [-0.05, 0) is 76.5 Å². The number of amides is 3. The van der Waals surface area contributed by atoms with Gasteiger partial charge in [-0.1, -0.05) is 25.8 Å². The van der Waals surface area contributed by atoms with Crippen LogP contribution >= 0.6 is 11.3 Å². The van der Waals surface area contributed by atoms with Crippen molar-refractivity contribution >= 4 is 45.9 Å². The number of fused-ring (bicyclic) bond motifs is 8. The predicted octanol–water partition coefficient (Wildman–Crippen LogP) is 5.24. The summed E-state index contributed by atoms with van der Waals surface area (Å²) in [6.45, 7) is 7.27. The molecule has 15 nitrogen and oxygen atoms in total. The van der Waals surface area contributed by atoms with E-state index >= 15 is 0 Å². The smallest absolute Gasteiger partial charge is 0.406 e. The number of benzene rings is 1. The molecule has 0 radical (unpaired) electrons. The largest absolute Gasteiger partial charge is 0.464 e. The monoisotopic (exact) mass is 932 g/mol. The second kappa shape index (κ2) is 18.4. The van der Waals surface area contributed by atoms with Crippen molar-refractivity contribution in [1.82, 2.24) is 40.1 Å². The van der Waals surface area contributed by atoms with Gasteiger partial charge in [-0.25, -0.2) is 10.4 Å². The Bertz CT molecular complexity index is 2590. The van der Waals surface area contributed by atoms with Gasteiger partial charge in [0.25, 0.3) is 11.8 Å². The maximum Gasteiger partial charge on any atom is 0.406 e. The molecule has 3 aliphatic heterocycles. The molecule has 3 amide bonds. The highest BCUT2D eigenvalue weighted by atomic mass is 32.1. The molecule has 3 aromatic heterocycles. The highest BCUT2D eigenvalue weighted by molar-refractivity contribution is 7.10. The van der Waals surface area contributed by atoms with Crippen LogP contribution in [0.15, 0.2) is 41.9 Å². The number of alkyl halides is 3. The van der Waals surface area contributed by atoms with Crippen LogP contribution in [0.4, 0.5) is 13.2 Å². The zero-order chi connectivity index (χ0) is 47.3. The summed E-state index contributed by atoms with van der Waals surface area (Å²) in [7, 11) is 5.32. The van der Waals surface area contributed by atoms with E-state index in [1.807, 2.05) is 58.1 Å². The Morgan fingerprint density at radius 3 is 2.65 bits per heavy atom. The molecule has 2 unspecified atom stereocenters. The van der Waals surface area contributed by atoms with E-state index in [1.54, 1.807) is 42.5 Å². The number of nitrogens with one attached hydrogen (secondary N) is 2. The first kappa shape index (κ1) is 47.1. The lowest BCUT2D eigenvalue weighted by Gasteiger charge is -2.42. The minimum Gasteiger partial charge on any atom is -0.464 e. The Balaban J connectivity index is 1.08. The van der Waals surface area contributed by atoms with Crippen molar-refractivity contribution in [2.75, 3.05) is 54.1 Å². The number of aromatic nitrogens is 3. The Labute approximate surface area is 385 Å². The summed E-state index contributed by atoms with van der Waals surface area (Å²) >= 11 is 1.29. The topological polar surface area (TPSA) is 160 Å². The van der Waals surface area contributed by atoms with Crippen molar-refractivity contribution in [1.29, 1.82) is 0 Å². The van der Waals surface area contributed by atoms with Crippen LogP contribution in [0.5, 0.6) is 0 Å². The molecule has 2 saturated heterocycles. The molecular weight excluding hydrogens is 878 g/mol. The number of ether oxygens (including phenoxy) is 3. The molecule has 8 rings (SSSR count). The minimum absolute atomic E-state index is 0.0178. The van der Waals surface area contributed by atoms with Crippen LogP contribution in [0.3, 0.4) is 0 Å². The quantitative estimate of drug-likeness (QED) is 0.176. The van der Waals surface area contributed by atoms with Crippen molar-refractivity contribution in [2.24, 2.45) is 5.41 Å². The third-order valence-corrected chi connectivity index (χ3v) is 14.0. The van der Waals surface area contributed by atoms with E-state index in [1.165, 1.54) is 20.9 Å². The Hall–Kier alpha value is -5.39. The maximum absolute atomic E-state index is 14.5. The van der Waals surface area contributed by atoms with Gasteiger partial charge in [-0.3, -0.25) is 34.1 Å². The van der Waals surface area contributed by atoms with Gasteiger partial charge in [0, 0.05) is 84.5 Å². The molecule has 4 aliphatic rings. The van der Waals surface area contributed by atoms with E-state index in [4.69, 9.17) is 19.2 Å². The average molecular weight is 933 g/mol. The molecule has 6 bridgehead atoms. The fourth-order valence-corrected chi connectivity index (χ4v) is 9.90. The van der Waals surface area contributed by atoms with Crippen LogP contribution < -0.4 is 10.7 Å². The lowest BCUT2D eigenvalue weighted by molar-refractivity contribution is -0.156. The van der Waals surface area contributed by atoms with Crippen molar-refractivity contribution in [3.63, 3.8) is 0 Å². The first-order valence-corrected chi connectivity index (χ1v) is 22.9. The van der Waals surface area contributed by atoms with Gasteiger partial charge in [0.15, 0.2) is 0 Å². The van der Waals surface area contributed by atoms with Crippen molar-refractivity contribution < 1.29 is 46.6 Å². The van der Waals surface area contributed by atoms with Crippen LogP contribution in [-0.2, 0) is 46.4 Å². The van der Waals surface area contributed by atoms with Crippen LogP contribution in [0.1, 0.15) is 75.2 Å². The number of likely N-dealkylation sites (tertiary alicyclic amines) is 1. The predicted molar refractivity (Wildman–Crippen MR) is 240 cm³/mol. The van der Waals surface area contributed by atoms with E-state index < -0.39 is 65.6 Å². The highest BCUT2D eigenvalue weighted by Crippen LogP contribution is 2.57. The molecule has 352 valence electrons. The number of hydrogen-bond donors (Lipinski definition) is 2. The first-order valence-electron chi connectivity index (χ1n) is 22.0. The van der Waals surface area contributed by atoms with E-state index in [2.05, 4.69) is 27.6 Å².